The zero-order valence-electron chi connectivity index (χ0n) is 12.9. The van der Waals surface area contributed by atoms with E-state index in [-0.39, 0.29) is 11.8 Å². The third-order valence-electron chi connectivity index (χ3n) is 3.70. The Bertz CT molecular complexity index is 731. The third-order valence-corrected chi connectivity index (χ3v) is 4.77. The lowest BCUT2D eigenvalue weighted by atomic mass is 10.1. The van der Waals surface area contributed by atoms with Crippen molar-refractivity contribution in [1.29, 1.82) is 0 Å². The van der Waals surface area contributed by atoms with Crippen molar-refractivity contribution in [3.63, 3.8) is 0 Å². The van der Waals surface area contributed by atoms with Crippen LogP contribution in [0.2, 0.25) is 0 Å². The summed E-state index contributed by atoms with van der Waals surface area (Å²) in [6.07, 6.45) is 0.497. The highest BCUT2D eigenvalue weighted by atomic mass is 32.2. The Morgan fingerprint density at radius 1 is 1.22 bits per heavy atom. The van der Waals surface area contributed by atoms with Gasteiger partial charge in [0.05, 0.1) is 5.69 Å². The van der Waals surface area contributed by atoms with Crippen LogP contribution in [0.15, 0.2) is 53.4 Å². The summed E-state index contributed by atoms with van der Waals surface area (Å²) in [6.45, 7) is 0.553. The number of nitrogens with one attached hydrogen (secondary N) is 1. The summed E-state index contributed by atoms with van der Waals surface area (Å²) in [5.74, 6) is 0.707. The highest BCUT2D eigenvalue weighted by Crippen LogP contribution is 2.31. The van der Waals surface area contributed by atoms with Crippen molar-refractivity contribution in [2.75, 3.05) is 18.1 Å². The summed E-state index contributed by atoms with van der Waals surface area (Å²) in [5, 5.41) is 2.88. The van der Waals surface area contributed by atoms with Gasteiger partial charge in [-0.1, -0.05) is 30.3 Å². The number of amides is 2. The Kier molecular flexibility index (Phi) is 4.67. The van der Waals surface area contributed by atoms with Crippen molar-refractivity contribution >= 4 is 29.3 Å². The summed E-state index contributed by atoms with van der Waals surface area (Å²) in [7, 11) is 1.79. The summed E-state index contributed by atoms with van der Waals surface area (Å²) < 4.78 is 0. The van der Waals surface area contributed by atoms with E-state index in [0.29, 0.717) is 18.5 Å². The number of carbonyl (C=O) groups excluding carboxylic acids is 2. The number of rotatable bonds is 3. The number of nitrogens with zero attached hydrogens (tertiary/aromatic N) is 1. The van der Waals surface area contributed by atoms with Gasteiger partial charge in [-0.25, -0.2) is 0 Å². The SMILES string of the molecule is CN(Cc1ccccc1)C(=O)c1ccc2c(c1)NC(=O)CCS2. The molecule has 4 nitrogen and oxygen atoms in total. The Balaban J connectivity index is 1.78. The Morgan fingerprint density at radius 3 is 2.78 bits per heavy atom. The van der Waals surface area contributed by atoms with Gasteiger partial charge in [-0.05, 0) is 23.8 Å². The summed E-state index contributed by atoms with van der Waals surface area (Å²) in [6, 6.07) is 15.4. The fourth-order valence-corrected chi connectivity index (χ4v) is 3.44. The normalized spacial score (nSPS) is 13.7. The molecule has 0 unspecified atom stereocenters. The van der Waals surface area contributed by atoms with Crippen LogP contribution < -0.4 is 5.32 Å². The molecule has 1 heterocycles. The van der Waals surface area contributed by atoms with E-state index in [1.807, 2.05) is 42.5 Å². The highest BCUT2D eigenvalue weighted by molar-refractivity contribution is 7.99. The second kappa shape index (κ2) is 6.87. The van der Waals surface area contributed by atoms with Gasteiger partial charge >= 0.3 is 0 Å². The average Bonchev–Trinajstić information content (AvgIpc) is 2.74. The van der Waals surface area contributed by atoms with Gasteiger partial charge in [0, 0.05) is 36.2 Å². The predicted molar refractivity (Wildman–Crippen MR) is 92.7 cm³/mol. The highest BCUT2D eigenvalue weighted by Gasteiger charge is 2.17. The molecule has 1 aliphatic heterocycles. The zero-order valence-corrected chi connectivity index (χ0v) is 13.7. The van der Waals surface area contributed by atoms with Crippen molar-refractivity contribution in [3.8, 4) is 0 Å². The van der Waals surface area contributed by atoms with E-state index in [1.54, 1.807) is 29.8 Å². The number of anilines is 1. The van der Waals surface area contributed by atoms with E-state index in [2.05, 4.69) is 5.32 Å². The molecule has 2 amide bonds. The zero-order chi connectivity index (χ0) is 16.2. The van der Waals surface area contributed by atoms with Gasteiger partial charge in [-0.15, -0.1) is 11.8 Å². The quantitative estimate of drug-likeness (QED) is 0.940. The van der Waals surface area contributed by atoms with E-state index in [1.165, 1.54) is 0 Å². The van der Waals surface area contributed by atoms with Gasteiger partial charge in [0.15, 0.2) is 0 Å². The smallest absolute Gasteiger partial charge is 0.253 e. The maximum Gasteiger partial charge on any atom is 0.253 e. The minimum atomic E-state index is -0.0554. The molecule has 2 aromatic carbocycles. The van der Waals surface area contributed by atoms with Crippen LogP contribution >= 0.6 is 11.8 Å². The molecule has 0 saturated heterocycles. The van der Waals surface area contributed by atoms with Crippen LogP contribution in [0.25, 0.3) is 0 Å². The Labute approximate surface area is 139 Å². The largest absolute Gasteiger partial charge is 0.337 e. The van der Waals surface area contributed by atoms with E-state index in [4.69, 9.17) is 0 Å². The monoisotopic (exact) mass is 326 g/mol. The minimum absolute atomic E-state index is 0.00140. The van der Waals surface area contributed by atoms with Crippen molar-refractivity contribution < 1.29 is 9.59 Å². The van der Waals surface area contributed by atoms with Gasteiger partial charge in [0.25, 0.3) is 5.91 Å². The lowest BCUT2D eigenvalue weighted by Gasteiger charge is -2.18. The lowest BCUT2D eigenvalue weighted by Crippen LogP contribution is -2.26. The van der Waals surface area contributed by atoms with Gasteiger partial charge in [0.2, 0.25) is 5.91 Å². The average molecular weight is 326 g/mol. The Hall–Kier alpha value is -2.27. The van der Waals surface area contributed by atoms with Crippen LogP contribution in [-0.4, -0.2) is 29.5 Å². The third kappa shape index (κ3) is 3.74. The summed E-state index contributed by atoms with van der Waals surface area (Å²) in [4.78, 5) is 27.0. The molecule has 23 heavy (non-hydrogen) atoms. The number of hydrogen-bond donors (Lipinski definition) is 1. The topological polar surface area (TPSA) is 49.4 Å². The van der Waals surface area contributed by atoms with Crippen LogP contribution in [0.3, 0.4) is 0 Å². The van der Waals surface area contributed by atoms with E-state index < -0.39 is 0 Å². The first-order chi connectivity index (χ1) is 11.1. The van der Waals surface area contributed by atoms with Crippen molar-refractivity contribution in [2.24, 2.45) is 0 Å². The van der Waals surface area contributed by atoms with E-state index in [9.17, 15) is 9.59 Å². The fourth-order valence-electron chi connectivity index (χ4n) is 2.50. The maximum absolute atomic E-state index is 12.6. The summed E-state index contributed by atoms with van der Waals surface area (Å²) in [5.41, 5.74) is 2.41. The second-order valence-electron chi connectivity index (χ2n) is 5.50. The number of hydrogen-bond acceptors (Lipinski definition) is 3. The molecule has 5 heteroatoms. The van der Waals surface area contributed by atoms with Crippen molar-refractivity contribution in [3.05, 3.63) is 59.7 Å². The van der Waals surface area contributed by atoms with Crippen LogP contribution in [0.1, 0.15) is 22.3 Å². The molecule has 1 N–H and O–H groups in total. The second-order valence-corrected chi connectivity index (χ2v) is 6.64. The molecule has 0 spiro atoms. The van der Waals surface area contributed by atoms with Crippen LogP contribution in [0.5, 0.6) is 0 Å². The van der Waals surface area contributed by atoms with Gasteiger partial charge in [-0.3, -0.25) is 9.59 Å². The molecule has 0 atom stereocenters. The van der Waals surface area contributed by atoms with Crippen molar-refractivity contribution in [1.82, 2.24) is 4.90 Å². The molecular weight excluding hydrogens is 308 g/mol. The molecule has 118 valence electrons. The first-order valence-electron chi connectivity index (χ1n) is 7.49. The number of fused-ring (bicyclic) bond motifs is 1. The molecule has 0 bridgehead atoms. The standard InChI is InChI=1S/C18H18N2O2S/c1-20(12-13-5-3-2-4-6-13)18(22)14-7-8-16-15(11-14)19-17(21)9-10-23-16/h2-8,11H,9-10,12H2,1H3,(H,19,21). The first-order valence-corrected chi connectivity index (χ1v) is 8.48. The van der Waals surface area contributed by atoms with Crippen molar-refractivity contribution in [2.45, 2.75) is 17.9 Å². The lowest BCUT2D eigenvalue weighted by molar-refractivity contribution is -0.115. The number of carbonyl (C=O) groups is 2. The predicted octanol–water partition coefficient (Wildman–Crippen LogP) is 3.39. The molecule has 0 fully saturated rings. The first kappa shape index (κ1) is 15.6. The number of benzene rings is 2. The molecule has 1 aliphatic rings. The van der Waals surface area contributed by atoms with Gasteiger partial charge < -0.3 is 10.2 Å². The summed E-state index contributed by atoms with van der Waals surface area (Å²) >= 11 is 1.64. The molecule has 0 radical (unpaired) electrons. The fraction of sp³-hybridized carbons (Fsp3) is 0.222. The van der Waals surface area contributed by atoms with Crippen LogP contribution in [0.4, 0.5) is 5.69 Å². The van der Waals surface area contributed by atoms with Gasteiger partial charge in [-0.2, -0.15) is 0 Å². The molecular formula is C18H18N2O2S. The minimum Gasteiger partial charge on any atom is -0.337 e. The molecule has 0 aromatic heterocycles. The molecule has 0 aliphatic carbocycles. The maximum atomic E-state index is 12.6. The van der Waals surface area contributed by atoms with Gasteiger partial charge in [0.1, 0.15) is 0 Å². The van der Waals surface area contributed by atoms with Crippen LogP contribution in [-0.2, 0) is 11.3 Å². The molecule has 3 rings (SSSR count). The van der Waals surface area contributed by atoms with E-state index in [0.717, 1.165) is 21.9 Å². The molecule has 0 saturated carbocycles. The number of thioether (sulfide) groups is 1. The molecule has 2 aromatic rings. The van der Waals surface area contributed by atoms with Crippen LogP contribution in [0, 0.1) is 0 Å². The van der Waals surface area contributed by atoms with E-state index >= 15 is 0 Å². The Morgan fingerprint density at radius 2 is 2.00 bits per heavy atom.